The van der Waals surface area contributed by atoms with Gasteiger partial charge in [0.2, 0.25) is 5.91 Å². The van der Waals surface area contributed by atoms with E-state index in [1.54, 1.807) is 25.1 Å². The molecule has 26 heavy (non-hydrogen) atoms. The number of carbonyl (C=O) groups excluding carboxylic acids is 1. The zero-order valence-electron chi connectivity index (χ0n) is 14.3. The molecule has 0 fully saturated rings. The number of amides is 1. The maximum atomic E-state index is 13.9. The standard InChI is InChI=1S/C19H19ClFNO4/c1-11(8-12-4-3-5-14(20)9-12)18(23)22-17(19(24)25)13-6-7-16(26-2)15(21)10-13/h3-7,9-11,17H,8H2,1-2H3,(H,22,23)(H,24,25). The maximum Gasteiger partial charge on any atom is 0.330 e. The number of carboxylic acids is 1. The Bertz CT molecular complexity index is 812. The summed E-state index contributed by atoms with van der Waals surface area (Å²) in [5.41, 5.74) is 0.988. The van der Waals surface area contributed by atoms with Gasteiger partial charge in [0.05, 0.1) is 7.11 Å². The van der Waals surface area contributed by atoms with Crippen LogP contribution in [0.1, 0.15) is 24.1 Å². The summed E-state index contributed by atoms with van der Waals surface area (Å²) in [6.45, 7) is 1.68. The highest BCUT2D eigenvalue weighted by Gasteiger charge is 2.25. The van der Waals surface area contributed by atoms with Gasteiger partial charge < -0.3 is 15.2 Å². The molecule has 0 spiro atoms. The molecule has 5 nitrogen and oxygen atoms in total. The van der Waals surface area contributed by atoms with E-state index in [1.165, 1.54) is 19.2 Å². The number of carboxylic acid groups (broad SMARTS) is 1. The average molecular weight is 380 g/mol. The summed E-state index contributed by atoms with van der Waals surface area (Å²) in [5, 5.41) is 12.4. The molecule has 0 aromatic heterocycles. The number of aliphatic carboxylic acids is 1. The van der Waals surface area contributed by atoms with Crippen molar-refractivity contribution in [2.24, 2.45) is 5.92 Å². The van der Waals surface area contributed by atoms with Crippen LogP contribution in [0.4, 0.5) is 4.39 Å². The molecule has 2 atom stereocenters. The van der Waals surface area contributed by atoms with Gasteiger partial charge in [0.1, 0.15) is 0 Å². The second-order valence-corrected chi connectivity index (χ2v) is 6.35. The van der Waals surface area contributed by atoms with E-state index in [1.807, 2.05) is 6.07 Å². The third-order valence-corrected chi connectivity index (χ3v) is 4.16. The highest BCUT2D eigenvalue weighted by atomic mass is 35.5. The number of rotatable bonds is 7. The monoisotopic (exact) mass is 379 g/mol. The van der Waals surface area contributed by atoms with Crippen LogP contribution in [0.2, 0.25) is 5.02 Å². The number of carbonyl (C=O) groups is 2. The first-order chi connectivity index (χ1) is 12.3. The number of ether oxygens (including phenoxy) is 1. The van der Waals surface area contributed by atoms with Crippen molar-refractivity contribution in [2.75, 3.05) is 7.11 Å². The van der Waals surface area contributed by atoms with Crippen LogP contribution < -0.4 is 10.1 Å². The van der Waals surface area contributed by atoms with Gasteiger partial charge in [-0.1, -0.05) is 36.7 Å². The van der Waals surface area contributed by atoms with Crippen LogP contribution in [0.25, 0.3) is 0 Å². The van der Waals surface area contributed by atoms with Crippen molar-refractivity contribution in [2.45, 2.75) is 19.4 Å². The highest BCUT2D eigenvalue weighted by Crippen LogP contribution is 2.23. The molecule has 0 saturated carbocycles. The van der Waals surface area contributed by atoms with Gasteiger partial charge in [0.15, 0.2) is 17.6 Å². The van der Waals surface area contributed by atoms with Crippen LogP contribution in [0, 0.1) is 11.7 Å². The molecule has 0 bridgehead atoms. The van der Waals surface area contributed by atoms with Crippen LogP contribution in [0.15, 0.2) is 42.5 Å². The van der Waals surface area contributed by atoms with Gasteiger partial charge in [-0.2, -0.15) is 0 Å². The molecule has 0 heterocycles. The Morgan fingerprint density at radius 1 is 1.27 bits per heavy atom. The molecule has 2 aromatic carbocycles. The lowest BCUT2D eigenvalue weighted by molar-refractivity contribution is -0.142. The molecular weight excluding hydrogens is 361 g/mol. The third-order valence-electron chi connectivity index (χ3n) is 3.92. The number of halogens is 2. The summed E-state index contributed by atoms with van der Waals surface area (Å²) in [4.78, 5) is 23.9. The largest absolute Gasteiger partial charge is 0.494 e. The van der Waals surface area contributed by atoms with Crippen molar-refractivity contribution < 1.29 is 23.8 Å². The SMILES string of the molecule is COc1ccc(C(NC(=O)C(C)Cc2cccc(Cl)c2)C(=O)O)cc1F. The fourth-order valence-electron chi connectivity index (χ4n) is 2.54. The van der Waals surface area contributed by atoms with Crippen molar-refractivity contribution in [1.29, 1.82) is 0 Å². The van der Waals surface area contributed by atoms with Gasteiger partial charge in [-0.05, 0) is 41.8 Å². The Hall–Kier alpha value is -2.60. The normalized spacial score (nSPS) is 12.9. The Labute approximate surface area is 155 Å². The Kier molecular flexibility index (Phi) is 6.58. The molecule has 2 unspecified atom stereocenters. The maximum absolute atomic E-state index is 13.9. The lowest BCUT2D eigenvalue weighted by Crippen LogP contribution is -2.37. The van der Waals surface area contributed by atoms with E-state index in [0.29, 0.717) is 11.4 Å². The van der Waals surface area contributed by atoms with Crippen molar-refractivity contribution >= 4 is 23.5 Å². The average Bonchev–Trinajstić information content (AvgIpc) is 2.59. The first-order valence-corrected chi connectivity index (χ1v) is 8.30. The van der Waals surface area contributed by atoms with Crippen LogP contribution in [-0.2, 0) is 16.0 Å². The van der Waals surface area contributed by atoms with Crippen LogP contribution >= 0.6 is 11.6 Å². The summed E-state index contributed by atoms with van der Waals surface area (Å²) in [7, 11) is 1.31. The highest BCUT2D eigenvalue weighted by molar-refractivity contribution is 6.30. The fourth-order valence-corrected chi connectivity index (χ4v) is 2.76. The Morgan fingerprint density at radius 3 is 2.58 bits per heavy atom. The molecule has 0 saturated heterocycles. The Morgan fingerprint density at radius 2 is 2.00 bits per heavy atom. The number of hydrogen-bond donors (Lipinski definition) is 2. The van der Waals surface area contributed by atoms with E-state index in [4.69, 9.17) is 16.3 Å². The molecule has 2 N–H and O–H groups in total. The Balaban J connectivity index is 2.12. The zero-order valence-corrected chi connectivity index (χ0v) is 15.1. The van der Waals surface area contributed by atoms with Crippen LogP contribution in [0.5, 0.6) is 5.75 Å². The molecular formula is C19H19ClFNO4. The van der Waals surface area contributed by atoms with Crippen molar-refractivity contribution in [3.63, 3.8) is 0 Å². The summed E-state index contributed by atoms with van der Waals surface area (Å²) in [6, 6.07) is 9.51. The van der Waals surface area contributed by atoms with E-state index in [9.17, 15) is 19.1 Å². The minimum atomic E-state index is -1.36. The number of hydrogen-bond acceptors (Lipinski definition) is 3. The van der Waals surface area contributed by atoms with Crippen molar-refractivity contribution in [3.8, 4) is 5.75 Å². The quantitative estimate of drug-likeness (QED) is 0.770. The lowest BCUT2D eigenvalue weighted by atomic mass is 9.99. The summed E-state index contributed by atoms with van der Waals surface area (Å²) >= 11 is 5.93. The van der Waals surface area contributed by atoms with E-state index in [2.05, 4.69) is 5.32 Å². The van der Waals surface area contributed by atoms with Gasteiger partial charge in [-0.15, -0.1) is 0 Å². The zero-order chi connectivity index (χ0) is 19.3. The minimum absolute atomic E-state index is 0.00135. The first kappa shape index (κ1) is 19.7. The molecule has 2 rings (SSSR count). The molecule has 2 aromatic rings. The molecule has 0 aliphatic carbocycles. The van der Waals surface area contributed by atoms with Gasteiger partial charge in [0, 0.05) is 10.9 Å². The predicted octanol–water partition coefficient (Wildman–Crippen LogP) is 3.61. The van der Waals surface area contributed by atoms with E-state index < -0.39 is 29.7 Å². The minimum Gasteiger partial charge on any atom is -0.494 e. The van der Waals surface area contributed by atoms with Gasteiger partial charge in [0.25, 0.3) is 0 Å². The van der Waals surface area contributed by atoms with Crippen LogP contribution in [-0.4, -0.2) is 24.1 Å². The first-order valence-electron chi connectivity index (χ1n) is 7.93. The molecule has 138 valence electrons. The number of methoxy groups -OCH3 is 1. The van der Waals surface area contributed by atoms with Crippen molar-refractivity contribution in [3.05, 3.63) is 64.4 Å². The topological polar surface area (TPSA) is 75.6 Å². The fraction of sp³-hybridized carbons (Fsp3) is 0.263. The second-order valence-electron chi connectivity index (χ2n) is 5.91. The number of nitrogens with one attached hydrogen (secondary N) is 1. The molecule has 0 aliphatic heterocycles. The van der Waals surface area contributed by atoms with E-state index >= 15 is 0 Å². The second kappa shape index (κ2) is 8.67. The molecule has 1 amide bonds. The molecule has 0 aliphatic rings. The summed E-state index contributed by atoms with van der Waals surface area (Å²) in [6.07, 6.45) is 0.399. The smallest absolute Gasteiger partial charge is 0.330 e. The third kappa shape index (κ3) is 4.95. The van der Waals surface area contributed by atoms with Gasteiger partial charge >= 0.3 is 5.97 Å². The number of benzene rings is 2. The summed E-state index contributed by atoms with van der Waals surface area (Å²) < 4.78 is 18.7. The predicted molar refractivity (Wildman–Crippen MR) is 95.8 cm³/mol. The molecule has 0 radical (unpaired) electrons. The van der Waals surface area contributed by atoms with E-state index in [-0.39, 0.29) is 11.3 Å². The molecule has 7 heteroatoms. The summed E-state index contributed by atoms with van der Waals surface area (Å²) in [5.74, 6) is -2.92. The van der Waals surface area contributed by atoms with Gasteiger partial charge in [-0.3, -0.25) is 4.79 Å². The lowest BCUT2D eigenvalue weighted by Gasteiger charge is -2.19. The van der Waals surface area contributed by atoms with Gasteiger partial charge in [-0.25, -0.2) is 9.18 Å². The van der Waals surface area contributed by atoms with Crippen molar-refractivity contribution in [1.82, 2.24) is 5.32 Å². The van der Waals surface area contributed by atoms with E-state index in [0.717, 1.165) is 11.6 Å². The van der Waals surface area contributed by atoms with Crippen LogP contribution in [0.3, 0.4) is 0 Å².